The number of hydrogen-bond acceptors (Lipinski definition) is 3. The van der Waals surface area contributed by atoms with E-state index in [9.17, 15) is 9.59 Å². The molecule has 1 atom stereocenters. The van der Waals surface area contributed by atoms with Crippen LogP contribution in [0.25, 0.3) is 0 Å². The Labute approximate surface area is 176 Å². The number of anilines is 1. The highest BCUT2D eigenvalue weighted by molar-refractivity contribution is 6.00. The molecule has 0 aromatic heterocycles. The first kappa shape index (κ1) is 19.7. The summed E-state index contributed by atoms with van der Waals surface area (Å²) >= 11 is 0. The van der Waals surface area contributed by atoms with Crippen LogP contribution in [0, 0.1) is 5.92 Å². The van der Waals surface area contributed by atoms with E-state index in [1.165, 1.54) is 0 Å². The van der Waals surface area contributed by atoms with Crippen LogP contribution in [0.2, 0.25) is 0 Å². The third kappa shape index (κ3) is 4.20. The van der Waals surface area contributed by atoms with Gasteiger partial charge in [-0.3, -0.25) is 9.59 Å². The summed E-state index contributed by atoms with van der Waals surface area (Å²) in [6.07, 6.45) is 0.203. The Kier molecular flexibility index (Phi) is 5.80. The molecule has 1 fully saturated rings. The van der Waals surface area contributed by atoms with Gasteiger partial charge in [0.1, 0.15) is 5.75 Å². The number of carbonyl (C=O) groups excluding carboxylic acids is 2. The minimum atomic E-state index is -0.394. The summed E-state index contributed by atoms with van der Waals surface area (Å²) in [7, 11) is 1.60. The molecule has 0 bridgehead atoms. The highest BCUT2D eigenvalue weighted by Crippen LogP contribution is 2.28. The number of nitrogens with one attached hydrogen (secondary N) is 1. The minimum absolute atomic E-state index is 0.0451. The van der Waals surface area contributed by atoms with E-state index in [0.717, 1.165) is 22.6 Å². The summed E-state index contributed by atoms with van der Waals surface area (Å²) in [5.41, 5.74) is 2.79. The van der Waals surface area contributed by atoms with E-state index >= 15 is 0 Å². The fourth-order valence-electron chi connectivity index (χ4n) is 3.81. The van der Waals surface area contributed by atoms with Crippen LogP contribution in [0.4, 0.5) is 5.69 Å². The molecular weight excluding hydrogens is 376 g/mol. The van der Waals surface area contributed by atoms with Gasteiger partial charge < -0.3 is 15.0 Å². The van der Waals surface area contributed by atoms with E-state index in [-0.39, 0.29) is 24.3 Å². The van der Waals surface area contributed by atoms with Crippen LogP contribution < -0.4 is 15.0 Å². The first-order valence-corrected chi connectivity index (χ1v) is 10.0. The van der Waals surface area contributed by atoms with Crippen molar-refractivity contribution in [3.8, 4) is 5.75 Å². The highest BCUT2D eigenvalue weighted by atomic mass is 16.5. The topological polar surface area (TPSA) is 58.6 Å². The summed E-state index contributed by atoms with van der Waals surface area (Å²) in [4.78, 5) is 27.4. The predicted molar refractivity (Wildman–Crippen MR) is 116 cm³/mol. The summed E-state index contributed by atoms with van der Waals surface area (Å²) < 4.78 is 5.18. The van der Waals surface area contributed by atoms with Crippen molar-refractivity contribution in [1.82, 2.24) is 5.32 Å². The van der Waals surface area contributed by atoms with Crippen molar-refractivity contribution in [3.05, 3.63) is 96.1 Å². The SMILES string of the molecule is COc1ccc(N2CC(C(=O)NC(c3ccccc3)c3ccccc3)CC2=O)cc1. The van der Waals surface area contributed by atoms with Crippen LogP contribution in [0.3, 0.4) is 0 Å². The molecule has 2 amide bonds. The zero-order valence-corrected chi connectivity index (χ0v) is 16.8. The Morgan fingerprint density at radius 3 is 2.03 bits per heavy atom. The average Bonchev–Trinajstić information content (AvgIpc) is 3.20. The summed E-state index contributed by atoms with van der Waals surface area (Å²) in [5, 5.41) is 3.16. The van der Waals surface area contributed by atoms with Crippen LogP contribution in [0.5, 0.6) is 5.75 Å². The smallest absolute Gasteiger partial charge is 0.227 e. The lowest BCUT2D eigenvalue weighted by Gasteiger charge is -2.22. The molecule has 1 aliphatic heterocycles. The van der Waals surface area contributed by atoms with Crippen LogP contribution in [-0.2, 0) is 9.59 Å². The van der Waals surface area contributed by atoms with Gasteiger partial charge in [0.05, 0.1) is 19.1 Å². The van der Waals surface area contributed by atoms with Gasteiger partial charge in [0, 0.05) is 18.7 Å². The number of ether oxygens (including phenoxy) is 1. The van der Waals surface area contributed by atoms with Gasteiger partial charge in [-0.05, 0) is 35.4 Å². The van der Waals surface area contributed by atoms with Gasteiger partial charge in [0.15, 0.2) is 0 Å². The van der Waals surface area contributed by atoms with Crippen molar-refractivity contribution in [2.24, 2.45) is 5.92 Å². The monoisotopic (exact) mass is 400 g/mol. The van der Waals surface area contributed by atoms with Gasteiger partial charge >= 0.3 is 0 Å². The van der Waals surface area contributed by atoms with E-state index < -0.39 is 5.92 Å². The molecule has 1 heterocycles. The van der Waals surface area contributed by atoms with Crippen molar-refractivity contribution in [2.45, 2.75) is 12.5 Å². The molecular formula is C25H24N2O3. The molecule has 1 aliphatic rings. The first-order valence-electron chi connectivity index (χ1n) is 10.0. The number of amides is 2. The van der Waals surface area contributed by atoms with Crippen LogP contribution in [-0.4, -0.2) is 25.5 Å². The van der Waals surface area contributed by atoms with Crippen molar-refractivity contribution in [2.75, 3.05) is 18.6 Å². The van der Waals surface area contributed by atoms with Crippen LogP contribution >= 0.6 is 0 Å². The number of benzene rings is 3. The molecule has 3 aromatic rings. The summed E-state index contributed by atoms with van der Waals surface area (Å²) in [6.45, 7) is 0.368. The van der Waals surface area contributed by atoms with Gasteiger partial charge in [0.2, 0.25) is 11.8 Å². The van der Waals surface area contributed by atoms with Crippen LogP contribution in [0.15, 0.2) is 84.9 Å². The maximum absolute atomic E-state index is 13.1. The highest BCUT2D eigenvalue weighted by Gasteiger charge is 2.36. The Morgan fingerprint density at radius 1 is 0.933 bits per heavy atom. The molecule has 5 heteroatoms. The first-order chi connectivity index (χ1) is 14.7. The molecule has 3 aromatic carbocycles. The third-order valence-corrected chi connectivity index (χ3v) is 5.43. The Morgan fingerprint density at radius 2 is 1.50 bits per heavy atom. The lowest BCUT2D eigenvalue weighted by molar-refractivity contribution is -0.126. The number of hydrogen-bond donors (Lipinski definition) is 1. The molecule has 1 saturated heterocycles. The zero-order chi connectivity index (χ0) is 20.9. The summed E-state index contributed by atoms with van der Waals surface area (Å²) in [5.74, 6) is 0.177. The van der Waals surface area contributed by atoms with E-state index in [0.29, 0.717) is 6.54 Å². The number of carbonyl (C=O) groups is 2. The standard InChI is InChI=1S/C25H24N2O3/c1-30-22-14-12-21(13-15-22)27-17-20(16-23(27)28)25(29)26-24(18-8-4-2-5-9-18)19-10-6-3-7-11-19/h2-15,20,24H,16-17H2,1H3,(H,26,29). The second kappa shape index (κ2) is 8.82. The van der Waals surface area contributed by atoms with Gasteiger partial charge in [-0.15, -0.1) is 0 Å². The van der Waals surface area contributed by atoms with E-state index in [2.05, 4.69) is 5.32 Å². The molecule has 0 aliphatic carbocycles. The molecule has 0 saturated carbocycles. The molecule has 0 radical (unpaired) electrons. The van der Waals surface area contributed by atoms with Gasteiger partial charge in [-0.2, -0.15) is 0 Å². The maximum atomic E-state index is 13.1. The Balaban J connectivity index is 1.51. The lowest BCUT2D eigenvalue weighted by atomic mass is 9.97. The van der Waals surface area contributed by atoms with Gasteiger partial charge in [-0.25, -0.2) is 0 Å². The van der Waals surface area contributed by atoms with Crippen molar-refractivity contribution in [1.29, 1.82) is 0 Å². The van der Waals surface area contributed by atoms with Crippen molar-refractivity contribution in [3.63, 3.8) is 0 Å². The lowest BCUT2D eigenvalue weighted by Crippen LogP contribution is -2.36. The predicted octanol–water partition coefficient (Wildman–Crippen LogP) is 3.95. The van der Waals surface area contributed by atoms with E-state index in [1.807, 2.05) is 84.9 Å². The Bertz CT molecular complexity index is 964. The maximum Gasteiger partial charge on any atom is 0.227 e. The zero-order valence-electron chi connectivity index (χ0n) is 16.8. The largest absolute Gasteiger partial charge is 0.497 e. The number of methoxy groups -OCH3 is 1. The average molecular weight is 400 g/mol. The number of nitrogens with zero attached hydrogens (tertiary/aromatic N) is 1. The minimum Gasteiger partial charge on any atom is -0.497 e. The van der Waals surface area contributed by atoms with E-state index in [4.69, 9.17) is 4.74 Å². The fraction of sp³-hybridized carbons (Fsp3) is 0.200. The van der Waals surface area contributed by atoms with Crippen LogP contribution in [0.1, 0.15) is 23.6 Å². The van der Waals surface area contributed by atoms with Gasteiger partial charge in [0.25, 0.3) is 0 Å². The molecule has 152 valence electrons. The second-order valence-corrected chi connectivity index (χ2v) is 7.37. The van der Waals surface area contributed by atoms with Gasteiger partial charge in [-0.1, -0.05) is 60.7 Å². The summed E-state index contributed by atoms with van der Waals surface area (Å²) in [6, 6.07) is 26.8. The van der Waals surface area contributed by atoms with Crippen molar-refractivity contribution < 1.29 is 14.3 Å². The molecule has 4 rings (SSSR count). The molecule has 0 spiro atoms. The van der Waals surface area contributed by atoms with Crippen molar-refractivity contribution >= 4 is 17.5 Å². The normalized spacial score (nSPS) is 16.0. The second-order valence-electron chi connectivity index (χ2n) is 7.37. The quantitative estimate of drug-likeness (QED) is 0.682. The molecule has 5 nitrogen and oxygen atoms in total. The Hall–Kier alpha value is -3.60. The third-order valence-electron chi connectivity index (χ3n) is 5.43. The molecule has 1 unspecified atom stereocenters. The molecule has 1 N–H and O–H groups in total. The van der Waals surface area contributed by atoms with E-state index in [1.54, 1.807) is 12.0 Å². The molecule has 30 heavy (non-hydrogen) atoms. The fourth-order valence-corrected chi connectivity index (χ4v) is 3.81. The number of rotatable bonds is 6.